The molecule has 0 saturated heterocycles. The number of hydrogen-bond donors (Lipinski definition) is 1. The predicted octanol–water partition coefficient (Wildman–Crippen LogP) is 3.12. The van der Waals surface area contributed by atoms with Gasteiger partial charge in [0.2, 0.25) is 0 Å². The molecule has 0 bridgehead atoms. The molecular weight excluding hydrogens is 278 g/mol. The molecule has 0 radical (unpaired) electrons. The molecule has 0 fully saturated rings. The van der Waals surface area contributed by atoms with Crippen molar-refractivity contribution in [2.75, 3.05) is 20.3 Å². The average Bonchev–Trinajstić information content (AvgIpc) is 2.50. The van der Waals surface area contributed by atoms with Crippen LogP contribution in [0.2, 0.25) is 0 Å². The zero-order chi connectivity index (χ0) is 15.9. The van der Waals surface area contributed by atoms with Crippen LogP contribution in [0.1, 0.15) is 21.5 Å². The van der Waals surface area contributed by atoms with Crippen LogP contribution >= 0.6 is 0 Å². The third-order valence-electron chi connectivity index (χ3n) is 3.20. The smallest absolute Gasteiger partial charge is 0.251 e. The number of benzene rings is 2. The molecule has 1 amide bonds. The van der Waals surface area contributed by atoms with Crippen LogP contribution in [0.4, 0.5) is 0 Å². The highest BCUT2D eigenvalue weighted by Gasteiger charge is 2.05. The maximum Gasteiger partial charge on any atom is 0.251 e. The van der Waals surface area contributed by atoms with Gasteiger partial charge in [-0.3, -0.25) is 4.79 Å². The maximum atomic E-state index is 12.0. The second-order valence-electron chi connectivity index (χ2n) is 5.16. The van der Waals surface area contributed by atoms with Crippen molar-refractivity contribution < 1.29 is 14.3 Å². The minimum Gasteiger partial charge on any atom is -0.497 e. The SMILES string of the molecule is COc1ccc(C(=O)NCCOc2cc(C)cc(C)c2)cc1. The van der Waals surface area contributed by atoms with Crippen LogP contribution in [0.15, 0.2) is 42.5 Å². The third kappa shape index (κ3) is 4.52. The first-order valence-corrected chi connectivity index (χ1v) is 7.22. The molecule has 0 aromatic heterocycles. The number of hydrogen-bond acceptors (Lipinski definition) is 3. The second kappa shape index (κ2) is 7.50. The van der Waals surface area contributed by atoms with E-state index in [-0.39, 0.29) is 5.91 Å². The van der Waals surface area contributed by atoms with Gasteiger partial charge in [-0.2, -0.15) is 0 Å². The molecule has 116 valence electrons. The highest BCUT2D eigenvalue weighted by atomic mass is 16.5. The number of nitrogens with one attached hydrogen (secondary N) is 1. The van der Waals surface area contributed by atoms with Crippen LogP contribution in [-0.4, -0.2) is 26.2 Å². The topological polar surface area (TPSA) is 47.6 Å². The van der Waals surface area contributed by atoms with Gasteiger partial charge >= 0.3 is 0 Å². The van der Waals surface area contributed by atoms with E-state index in [4.69, 9.17) is 9.47 Å². The van der Waals surface area contributed by atoms with Gasteiger partial charge in [-0.05, 0) is 61.4 Å². The summed E-state index contributed by atoms with van der Waals surface area (Å²) in [5.74, 6) is 1.44. The summed E-state index contributed by atoms with van der Waals surface area (Å²) >= 11 is 0. The van der Waals surface area contributed by atoms with Crippen LogP contribution < -0.4 is 14.8 Å². The fourth-order valence-electron chi connectivity index (χ4n) is 2.19. The molecule has 4 heteroatoms. The van der Waals surface area contributed by atoms with E-state index in [9.17, 15) is 4.79 Å². The molecule has 0 unspecified atom stereocenters. The first-order chi connectivity index (χ1) is 10.6. The van der Waals surface area contributed by atoms with E-state index in [1.807, 2.05) is 26.0 Å². The molecule has 22 heavy (non-hydrogen) atoms. The number of rotatable bonds is 6. The molecule has 2 aromatic rings. The van der Waals surface area contributed by atoms with Gasteiger partial charge in [0.15, 0.2) is 0 Å². The average molecular weight is 299 g/mol. The van der Waals surface area contributed by atoms with E-state index in [2.05, 4.69) is 11.4 Å². The molecular formula is C18H21NO3. The molecule has 0 aliphatic heterocycles. The predicted molar refractivity (Wildman–Crippen MR) is 86.7 cm³/mol. The van der Waals surface area contributed by atoms with Crippen molar-refractivity contribution in [2.45, 2.75) is 13.8 Å². The van der Waals surface area contributed by atoms with Crippen molar-refractivity contribution in [3.05, 3.63) is 59.2 Å². The lowest BCUT2D eigenvalue weighted by molar-refractivity contribution is 0.0947. The Morgan fingerprint density at radius 2 is 1.64 bits per heavy atom. The largest absolute Gasteiger partial charge is 0.497 e. The quantitative estimate of drug-likeness (QED) is 0.834. The van der Waals surface area contributed by atoms with E-state index in [0.717, 1.165) is 22.6 Å². The summed E-state index contributed by atoms with van der Waals surface area (Å²) in [6, 6.07) is 13.1. The number of amides is 1. The van der Waals surface area contributed by atoms with Crippen LogP contribution in [0.5, 0.6) is 11.5 Å². The summed E-state index contributed by atoms with van der Waals surface area (Å²) in [4.78, 5) is 12.0. The lowest BCUT2D eigenvalue weighted by Crippen LogP contribution is -2.28. The third-order valence-corrected chi connectivity index (χ3v) is 3.20. The molecule has 2 aromatic carbocycles. The Morgan fingerprint density at radius 1 is 1.00 bits per heavy atom. The van der Waals surface area contributed by atoms with E-state index >= 15 is 0 Å². The van der Waals surface area contributed by atoms with Crippen molar-refractivity contribution in [3.8, 4) is 11.5 Å². The summed E-state index contributed by atoms with van der Waals surface area (Å²) in [7, 11) is 1.60. The first-order valence-electron chi connectivity index (χ1n) is 7.22. The molecule has 1 N–H and O–H groups in total. The molecule has 0 saturated carbocycles. The van der Waals surface area contributed by atoms with E-state index < -0.39 is 0 Å². The van der Waals surface area contributed by atoms with Gasteiger partial charge in [0.05, 0.1) is 13.7 Å². The monoisotopic (exact) mass is 299 g/mol. The van der Waals surface area contributed by atoms with Crippen LogP contribution in [0, 0.1) is 13.8 Å². The molecule has 0 aliphatic rings. The van der Waals surface area contributed by atoms with Crippen LogP contribution in [-0.2, 0) is 0 Å². The summed E-state index contributed by atoms with van der Waals surface area (Å²) in [6.07, 6.45) is 0. The van der Waals surface area contributed by atoms with Crippen LogP contribution in [0.25, 0.3) is 0 Å². The molecule has 0 atom stereocenters. The summed E-state index contributed by atoms with van der Waals surface area (Å²) in [6.45, 7) is 4.96. The minimum atomic E-state index is -0.119. The highest BCUT2D eigenvalue weighted by Crippen LogP contribution is 2.16. The zero-order valence-electron chi connectivity index (χ0n) is 13.2. The number of methoxy groups -OCH3 is 1. The van der Waals surface area contributed by atoms with Crippen molar-refractivity contribution in [1.82, 2.24) is 5.32 Å². The second-order valence-corrected chi connectivity index (χ2v) is 5.16. The van der Waals surface area contributed by atoms with E-state index in [1.54, 1.807) is 31.4 Å². The molecule has 4 nitrogen and oxygen atoms in total. The van der Waals surface area contributed by atoms with Crippen molar-refractivity contribution in [3.63, 3.8) is 0 Å². The summed E-state index contributed by atoms with van der Waals surface area (Å²) in [5.41, 5.74) is 2.93. The van der Waals surface area contributed by atoms with Crippen LogP contribution in [0.3, 0.4) is 0 Å². The van der Waals surface area contributed by atoms with E-state index in [0.29, 0.717) is 18.7 Å². The first kappa shape index (κ1) is 15.9. The molecule has 0 spiro atoms. The normalized spacial score (nSPS) is 10.1. The Kier molecular flexibility index (Phi) is 5.42. The lowest BCUT2D eigenvalue weighted by atomic mass is 10.1. The zero-order valence-corrected chi connectivity index (χ0v) is 13.2. The standard InChI is InChI=1S/C18H21NO3/c1-13-10-14(2)12-17(11-13)22-9-8-19-18(20)15-4-6-16(21-3)7-5-15/h4-7,10-12H,8-9H2,1-3H3,(H,19,20). The Balaban J connectivity index is 1.79. The van der Waals surface area contributed by atoms with Gasteiger partial charge in [-0.1, -0.05) is 6.07 Å². The van der Waals surface area contributed by atoms with Crippen molar-refractivity contribution in [2.24, 2.45) is 0 Å². The summed E-state index contributed by atoms with van der Waals surface area (Å²) in [5, 5.41) is 2.83. The van der Waals surface area contributed by atoms with Crippen molar-refractivity contribution in [1.29, 1.82) is 0 Å². The Bertz CT molecular complexity index is 615. The Hall–Kier alpha value is -2.49. The van der Waals surface area contributed by atoms with Gasteiger partial charge in [-0.25, -0.2) is 0 Å². The lowest BCUT2D eigenvalue weighted by Gasteiger charge is -2.09. The fourth-order valence-corrected chi connectivity index (χ4v) is 2.19. The number of ether oxygens (including phenoxy) is 2. The summed E-state index contributed by atoms with van der Waals surface area (Å²) < 4.78 is 10.7. The Morgan fingerprint density at radius 3 is 2.23 bits per heavy atom. The number of aryl methyl sites for hydroxylation is 2. The van der Waals surface area contributed by atoms with Gasteiger partial charge < -0.3 is 14.8 Å². The highest BCUT2D eigenvalue weighted by molar-refractivity contribution is 5.94. The number of carbonyl (C=O) groups excluding carboxylic acids is 1. The van der Waals surface area contributed by atoms with E-state index in [1.165, 1.54) is 0 Å². The van der Waals surface area contributed by atoms with Gasteiger partial charge in [-0.15, -0.1) is 0 Å². The molecule has 0 aliphatic carbocycles. The van der Waals surface area contributed by atoms with Gasteiger partial charge in [0.25, 0.3) is 5.91 Å². The fraction of sp³-hybridized carbons (Fsp3) is 0.278. The molecule has 0 heterocycles. The maximum absolute atomic E-state index is 12.0. The molecule has 2 rings (SSSR count). The Labute approximate surface area is 131 Å². The number of carbonyl (C=O) groups is 1. The van der Waals surface area contributed by atoms with Crippen molar-refractivity contribution >= 4 is 5.91 Å². The van der Waals surface area contributed by atoms with Gasteiger partial charge in [0.1, 0.15) is 18.1 Å². The minimum absolute atomic E-state index is 0.119. The van der Waals surface area contributed by atoms with Gasteiger partial charge in [0, 0.05) is 5.56 Å².